The summed E-state index contributed by atoms with van der Waals surface area (Å²) < 4.78 is 73.4. The van der Waals surface area contributed by atoms with Gasteiger partial charge in [-0.2, -0.15) is 21.6 Å². The first-order valence-electron chi connectivity index (χ1n) is 7.14. The third kappa shape index (κ3) is 4.64. The fourth-order valence-electron chi connectivity index (χ4n) is 2.27. The van der Waals surface area contributed by atoms with Crippen LogP contribution in [0, 0.1) is 0 Å². The minimum absolute atomic E-state index is 0.0964. The number of hydrogen-bond donors (Lipinski definition) is 0. The second-order valence-corrected chi connectivity index (χ2v) is 6.74. The summed E-state index contributed by atoms with van der Waals surface area (Å²) in [4.78, 5) is 0. The van der Waals surface area contributed by atoms with Gasteiger partial charge in [0.15, 0.2) is 0 Å². The fourth-order valence-corrected chi connectivity index (χ4v) is 2.78. The predicted octanol–water partition coefficient (Wildman–Crippen LogP) is 3.34. The van der Waals surface area contributed by atoms with E-state index in [2.05, 4.69) is 4.18 Å². The number of methoxy groups -OCH3 is 1. The molecule has 0 spiro atoms. The van der Waals surface area contributed by atoms with Gasteiger partial charge in [0.25, 0.3) is 0 Å². The van der Waals surface area contributed by atoms with Crippen LogP contribution in [0.3, 0.4) is 0 Å². The highest BCUT2D eigenvalue weighted by molar-refractivity contribution is 7.87. The molecule has 0 bridgehead atoms. The molecular formula is C15H17F3O5S. The highest BCUT2D eigenvalue weighted by Gasteiger charge is 2.49. The van der Waals surface area contributed by atoms with Crippen molar-refractivity contribution >= 4 is 10.1 Å². The van der Waals surface area contributed by atoms with E-state index in [1.54, 1.807) is 31.4 Å². The van der Waals surface area contributed by atoms with Crippen LogP contribution in [0.15, 0.2) is 36.1 Å². The van der Waals surface area contributed by atoms with Crippen LogP contribution >= 0.6 is 0 Å². The van der Waals surface area contributed by atoms with E-state index in [9.17, 15) is 21.6 Å². The zero-order chi connectivity index (χ0) is 17.8. The molecule has 1 aromatic carbocycles. The summed E-state index contributed by atoms with van der Waals surface area (Å²) in [6.45, 7) is 0.872. The molecule has 1 atom stereocenters. The van der Waals surface area contributed by atoms with Crippen LogP contribution < -0.4 is 4.74 Å². The number of rotatable bonds is 7. The molecule has 0 N–H and O–H groups in total. The van der Waals surface area contributed by atoms with E-state index in [0.29, 0.717) is 25.4 Å². The molecule has 1 aliphatic rings. The lowest BCUT2D eigenvalue weighted by molar-refractivity contribution is -0.0523. The quantitative estimate of drug-likeness (QED) is 0.421. The average molecular weight is 366 g/mol. The lowest BCUT2D eigenvalue weighted by atomic mass is 9.97. The maximum atomic E-state index is 12.3. The van der Waals surface area contributed by atoms with E-state index >= 15 is 0 Å². The minimum Gasteiger partial charge on any atom is -0.491 e. The molecule has 0 saturated carbocycles. The lowest BCUT2D eigenvalue weighted by Gasteiger charge is -2.13. The van der Waals surface area contributed by atoms with Crippen LogP contribution in [0.4, 0.5) is 13.2 Å². The van der Waals surface area contributed by atoms with Gasteiger partial charge in [0.1, 0.15) is 18.1 Å². The normalized spacial score (nSPS) is 18.3. The van der Waals surface area contributed by atoms with Crippen LogP contribution in [0.1, 0.15) is 24.3 Å². The van der Waals surface area contributed by atoms with Crippen molar-refractivity contribution in [2.45, 2.75) is 24.3 Å². The Morgan fingerprint density at radius 3 is 2.42 bits per heavy atom. The summed E-state index contributed by atoms with van der Waals surface area (Å²) in [6.07, 6.45) is 1.88. The van der Waals surface area contributed by atoms with Crippen molar-refractivity contribution in [3.8, 4) is 5.75 Å². The molecule has 5 nitrogen and oxygen atoms in total. The number of alkyl halides is 3. The predicted molar refractivity (Wildman–Crippen MR) is 79.9 cm³/mol. The molecule has 0 radical (unpaired) electrons. The van der Waals surface area contributed by atoms with Gasteiger partial charge in [-0.3, -0.25) is 0 Å². The Labute approximate surface area is 138 Å². The molecule has 1 aliphatic carbocycles. The first-order chi connectivity index (χ1) is 11.2. The molecule has 0 fully saturated rings. The van der Waals surface area contributed by atoms with Gasteiger partial charge in [0.05, 0.1) is 6.61 Å². The third-order valence-electron chi connectivity index (χ3n) is 3.49. The summed E-state index contributed by atoms with van der Waals surface area (Å²) in [5, 5.41) is 0. The average Bonchev–Trinajstić information content (AvgIpc) is 2.95. The van der Waals surface area contributed by atoms with E-state index in [0.717, 1.165) is 5.56 Å². The summed E-state index contributed by atoms with van der Waals surface area (Å²) in [5.41, 5.74) is -4.55. The summed E-state index contributed by atoms with van der Waals surface area (Å²) in [6, 6.07) is 7.08. The molecule has 0 aromatic heterocycles. The monoisotopic (exact) mass is 366 g/mol. The topological polar surface area (TPSA) is 61.8 Å². The Balaban J connectivity index is 1.93. The van der Waals surface area contributed by atoms with Crippen molar-refractivity contribution in [3.05, 3.63) is 41.7 Å². The highest BCUT2D eigenvalue weighted by Crippen LogP contribution is 2.37. The Morgan fingerprint density at radius 2 is 1.83 bits per heavy atom. The standard InChI is InChI=1S/C15H17F3O5S/c1-21-8-9-22-13-5-2-11(3-6-13)12-4-7-14(10-12)23-24(19,20)15(16,17)18/h2-3,5-7,12H,4,8-10H2,1H3. The molecule has 9 heteroatoms. The van der Waals surface area contributed by atoms with E-state index in [1.165, 1.54) is 6.08 Å². The van der Waals surface area contributed by atoms with E-state index in [-0.39, 0.29) is 18.1 Å². The number of benzene rings is 1. The Morgan fingerprint density at radius 1 is 1.17 bits per heavy atom. The smallest absolute Gasteiger partial charge is 0.491 e. The molecule has 2 rings (SSSR count). The van der Waals surface area contributed by atoms with Crippen LogP contribution in [0.25, 0.3) is 0 Å². The number of hydrogen-bond acceptors (Lipinski definition) is 5. The molecular weight excluding hydrogens is 349 g/mol. The number of halogens is 3. The number of ether oxygens (including phenoxy) is 2. The Hall–Kier alpha value is -1.74. The van der Waals surface area contributed by atoms with Crippen LogP contribution in [0.5, 0.6) is 5.75 Å². The molecule has 0 heterocycles. The van der Waals surface area contributed by atoms with Gasteiger partial charge in [-0.1, -0.05) is 12.1 Å². The fraction of sp³-hybridized carbons (Fsp3) is 0.467. The van der Waals surface area contributed by atoms with Gasteiger partial charge in [-0.25, -0.2) is 0 Å². The molecule has 134 valence electrons. The number of allylic oxidation sites excluding steroid dienone is 2. The van der Waals surface area contributed by atoms with Crippen molar-refractivity contribution in [1.82, 2.24) is 0 Å². The molecule has 1 unspecified atom stereocenters. The zero-order valence-electron chi connectivity index (χ0n) is 12.9. The molecule has 0 aliphatic heterocycles. The van der Waals surface area contributed by atoms with Crippen molar-refractivity contribution in [2.75, 3.05) is 20.3 Å². The van der Waals surface area contributed by atoms with Crippen LogP contribution in [0.2, 0.25) is 0 Å². The van der Waals surface area contributed by atoms with Crippen LogP contribution in [-0.4, -0.2) is 34.2 Å². The molecule has 24 heavy (non-hydrogen) atoms. The summed E-state index contributed by atoms with van der Waals surface area (Å²) in [5.74, 6) is 0.340. The zero-order valence-corrected chi connectivity index (χ0v) is 13.7. The third-order valence-corrected chi connectivity index (χ3v) is 4.49. The maximum absolute atomic E-state index is 12.3. The van der Waals surface area contributed by atoms with Gasteiger partial charge in [-0.15, -0.1) is 0 Å². The second kappa shape index (κ2) is 7.43. The van der Waals surface area contributed by atoms with Crippen molar-refractivity contribution in [2.24, 2.45) is 0 Å². The summed E-state index contributed by atoms with van der Waals surface area (Å²) in [7, 11) is -4.04. The highest BCUT2D eigenvalue weighted by atomic mass is 32.2. The minimum atomic E-state index is -5.61. The molecule has 0 saturated heterocycles. The van der Waals surface area contributed by atoms with Crippen molar-refractivity contribution in [1.29, 1.82) is 0 Å². The van der Waals surface area contributed by atoms with E-state index < -0.39 is 15.6 Å². The summed E-state index contributed by atoms with van der Waals surface area (Å²) >= 11 is 0. The van der Waals surface area contributed by atoms with Gasteiger partial charge < -0.3 is 13.7 Å². The maximum Gasteiger partial charge on any atom is 0.534 e. The van der Waals surface area contributed by atoms with Gasteiger partial charge in [0.2, 0.25) is 0 Å². The largest absolute Gasteiger partial charge is 0.534 e. The van der Waals surface area contributed by atoms with E-state index in [1.807, 2.05) is 0 Å². The first kappa shape index (κ1) is 18.6. The lowest BCUT2D eigenvalue weighted by Crippen LogP contribution is -2.25. The molecule has 1 aromatic rings. The van der Waals surface area contributed by atoms with Gasteiger partial charge in [-0.05, 0) is 36.1 Å². The SMILES string of the molecule is COCCOc1ccc(C2CC=C(OS(=O)(=O)C(F)(F)F)C2)cc1. The van der Waals surface area contributed by atoms with Crippen LogP contribution in [-0.2, 0) is 19.0 Å². The second-order valence-electron chi connectivity index (χ2n) is 5.20. The Kier molecular flexibility index (Phi) is 5.76. The first-order valence-corrected chi connectivity index (χ1v) is 8.55. The molecule has 0 amide bonds. The Bertz CT molecular complexity index is 680. The van der Waals surface area contributed by atoms with Gasteiger partial charge >= 0.3 is 15.6 Å². The van der Waals surface area contributed by atoms with Crippen molar-refractivity contribution < 1.29 is 35.2 Å². The van der Waals surface area contributed by atoms with Gasteiger partial charge in [0, 0.05) is 13.5 Å². The van der Waals surface area contributed by atoms with Crippen molar-refractivity contribution in [3.63, 3.8) is 0 Å². The van der Waals surface area contributed by atoms with E-state index in [4.69, 9.17) is 9.47 Å².